The average molecular weight is 367 g/mol. The molecule has 26 heavy (non-hydrogen) atoms. The molecule has 0 spiro atoms. The molecule has 1 amide bonds. The summed E-state index contributed by atoms with van der Waals surface area (Å²) in [5.74, 6) is 0.339. The molecule has 0 radical (unpaired) electrons. The summed E-state index contributed by atoms with van der Waals surface area (Å²) in [4.78, 5) is 28.9. The van der Waals surface area contributed by atoms with Gasteiger partial charge in [0.1, 0.15) is 5.75 Å². The van der Waals surface area contributed by atoms with Crippen molar-refractivity contribution in [3.63, 3.8) is 0 Å². The standard InChI is InChI=1S/C19H17N3O3S/c1-11(26-19-21-13-5-3-4-6-15(13)22(19)2)18(24)12-7-8-16-14(9-12)20-17(23)10-25-16/h3-9,11H,10H2,1-2H3,(H,20,23). The molecule has 1 aliphatic rings. The molecule has 1 aromatic heterocycles. The van der Waals surface area contributed by atoms with Gasteiger partial charge >= 0.3 is 0 Å². The molecule has 2 aromatic carbocycles. The summed E-state index contributed by atoms with van der Waals surface area (Å²) in [6, 6.07) is 13.0. The van der Waals surface area contributed by atoms with Crippen LogP contribution in [0.4, 0.5) is 5.69 Å². The normalized spacial score (nSPS) is 14.5. The fourth-order valence-corrected chi connectivity index (χ4v) is 3.88. The lowest BCUT2D eigenvalue weighted by Gasteiger charge is -2.19. The molecule has 0 saturated carbocycles. The van der Waals surface area contributed by atoms with Gasteiger partial charge < -0.3 is 14.6 Å². The molecule has 0 fully saturated rings. The summed E-state index contributed by atoms with van der Waals surface area (Å²) in [6.45, 7) is 1.86. The fourth-order valence-electron chi connectivity index (χ4n) is 2.91. The number of benzene rings is 2. The third-order valence-electron chi connectivity index (χ3n) is 4.29. The number of hydrogen-bond donors (Lipinski definition) is 1. The molecule has 1 N–H and O–H groups in total. The van der Waals surface area contributed by atoms with Gasteiger partial charge in [-0.3, -0.25) is 9.59 Å². The molecule has 0 saturated heterocycles. The molecule has 2 heterocycles. The van der Waals surface area contributed by atoms with Crippen molar-refractivity contribution in [3.8, 4) is 5.75 Å². The Kier molecular flexibility index (Phi) is 4.16. The Labute approximate surface area is 154 Å². The lowest BCUT2D eigenvalue weighted by molar-refractivity contribution is -0.118. The Balaban J connectivity index is 1.57. The zero-order valence-electron chi connectivity index (χ0n) is 14.4. The van der Waals surface area contributed by atoms with E-state index >= 15 is 0 Å². The van der Waals surface area contributed by atoms with E-state index in [1.807, 2.05) is 42.8 Å². The van der Waals surface area contributed by atoms with Crippen LogP contribution in [0.5, 0.6) is 5.75 Å². The van der Waals surface area contributed by atoms with Crippen LogP contribution in [0.3, 0.4) is 0 Å². The summed E-state index contributed by atoms with van der Waals surface area (Å²) >= 11 is 1.42. The zero-order chi connectivity index (χ0) is 18.3. The summed E-state index contributed by atoms with van der Waals surface area (Å²) < 4.78 is 7.32. The highest BCUT2D eigenvalue weighted by molar-refractivity contribution is 8.00. The van der Waals surface area contributed by atoms with Crippen molar-refractivity contribution < 1.29 is 14.3 Å². The van der Waals surface area contributed by atoms with E-state index in [0.717, 1.165) is 16.2 Å². The quantitative estimate of drug-likeness (QED) is 0.566. The van der Waals surface area contributed by atoms with E-state index in [1.165, 1.54) is 11.8 Å². The third kappa shape index (κ3) is 2.94. The van der Waals surface area contributed by atoms with E-state index in [1.54, 1.807) is 18.2 Å². The minimum absolute atomic E-state index is 0.000728. The van der Waals surface area contributed by atoms with Gasteiger partial charge in [-0.15, -0.1) is 0 Å². The van der Waals surface area contributed by atoms with Crippen molar-refractivity contribution >= 4 is 40.2 Å². The van der Waals surface area contributed by atoms with Gasteiger partial charge in [-0.2, -0.15) is 0 Å². The fraction of sp³-hybridized carbons (Fsp3) is 0.211. The van der Waals surface area contributed by atoms with E-state index in [0.29, 0.717) is 17.0 Å². The summed E-state index contributed by atoms with van der Waals surface area (Å²) in [7, 11) is 1.95. The lowest BCUT2D eigenvalue weighted by atomic mass is 10.1. The molecular formula is C19H17N3O3S. The number of imidazole rings is 1. The first-order valence-electron chi connectivity index (χ1n) is 8.22. The number of aromatic nitrogens is 2. The van der Waals surface area contributed by atoms with Crippen molar-refractivity contribution in [3.05, 3.63) is 48.0 Å². The molecular weight excluding hydrogens is 350 g/mol. The van der Waals surface area contributed by atoms with Crippen LogP contribution in [0.2, 0.25) is 0 Å². The van der Waals surface area contributed by atoms with Crippen LogP contribution in [-0.4, -0.2) is 33.1 Å². The molecule has 4 rings (SSSR count). The number of amides is 1. The van der Waals surface area contributed by atoms with Crippen molar-refractivity contribution in [2.24, 2.45) is 7.05 Å². The number of Topliss-reactive ketones (excluding diaryl/α,β-unsaturated/α-hetero) is 1. The Morgan fingerprint density at radius 2 is 2.12 bits per heavy atom. The number of aryl methyl sites for hydroxylation is 1. The van der Waals surface area contributed by atoms with Gasteiger partial charge in [-0.25, -0.2) is 4.98 Å². The van der Waals surface area contributed by atoms with Gasteiger partial charge in [-0.1, -0.05) is 23.9 Å². The highest BCUT2D eigenvalue weighted by atomic mass is 32.2. The maximum absolute atomic E-state index is 12.8. The Morgan fingerprint density at radius 1 is 1.31 bits per heavy atom. The van der Waals surface area contributed by atoms with Crippen LogP contribution in [0.15, 0.2) is 47.6 Å². The van der Waals surface area contributed by atoms with E-state index < -0.39 is 0 Å². The first kappa shape index (κ1) is 16.7. The second-order valence-corrected chi connectivity index (χ2v) is 7.42. The molecule has 1 aliphatic heterocycles. The Bertz CT molecular complexity index is 1030. The van der Waals surface area contributed by atoms with Crippen molar-refractivity contribution in [1.82, 2.24) is 9.55 Å². The molecule has 0 bridgehead atoms. The molecule has 7 heteroatoms. The van der Waals surface area contributed by atoms with Crippen LogP contribution in [-0.2, 0) is 11.8 Å². The van der Waals surface area contributed by atoms with E-state index in [-0.39, 0.29) is 23.5 Å². The number of rotatable bonds is 4. The molecule has 132 valence electrons. The molecule has 1 atom stereocenters. The number of anilines is 1. The topological polar surface area (TPSA) is 73.2 Å². The van der Waals surface area contributed by atoms with Crippen LogP contribution < -0.4 is 10.1 Å². The third-order valence-corrected chi connectivity index (χ3v) is 5.44. The minimum atomic E-state index is -0.316. The highest BCUT2D eigenvalue weighted by Gasteiger charge is 2.22. The maximum atomic E-state index is 12.8. The number of hydrogen-bond acceptors (Lipinski definition) is 5. The van der Waals surface area contributed by atoms with Crippen LogP contribution in [0.1, 0.15) is 17.3 Å². The first-order chi connectivity index (χ1) is 12.5. The predicted octanol–water partition coefficient (Wildman–Crippen LogP) is 3.27. The van der Waals surface area contributed by atoms with E-state index in [9.17, 15) is 9.59 Å². The Morgan fingerprint density at radius 3 is 2.92 bits per heavy atom. The predicted molar refractivity (Wildman–Crippen MR) is 101 cm³/mol. The van der Waals surface area contributed by atoms with Crippen molar-refractivity contribution in [1.29, 1.82) is 0 Å². The molecule has 1 unspecified atom stereocenters. The monoisotopic (exact) mass is 367 g/mol. The van der Waals surface area contributed by atoms with Gasteiger partial charge in [0.05, 0.1) is 22.0 Å². The van der Waals surface area contributed by atoms with Crippen LogP contribution in [0.25, 0.3) is 11.0 Å². The van der Waals surface area contributed by atoms with Gasteiger partial charge in [0.15, 0.2) is 17.5 Å². The van der Waals surface area contributed by atoms with Crippen molar-refractivity contribution in [2.75, 3.05) is 11.9 Å². The lowest BCUT2D eigenvalue weighted by Crippen LogP contribution is -2.25. The first-order valence-corrected chi connectivity index (χ1v) is 9.10. The van der Waals surface area contributed by atoms with Gasteiger partial charge in [0, 0.05) is 12.6 Å². The number of para-hydroxylation sites is 2. The maximum Gasteiger partial charge on any atom is 0.262 e. The number of nitrogens with one attached hydrogen (secondary N) is 1. The van der Waals surface area contributed by atoms with Crippen molar-refractivity contribution in [2.45, 2.75) is 17.3 Å². The average Bonchev–Trinajstić information content (AvgIpc) is 2.96. The van der Waals surface area contributed by atoms with E-state index in [4.69, 9.17) is 4.74 Å². The number of ether oxygens (including phenoxy) is 1. The number of carbonyl (C=O) groups is 2. The number of nitrogens with zero attached hydrogens (tertiary/aromatic N) is 2. The smallest absolute Gasteiger partial charge is 0.262 e. The van der Waals surface area contributed by atoms with Crippen LogP contribution in [0, 0.1) is 0 Å². The largest absolute Gasteiger partial charge is 0.482 e. The number of ketones is 1. The second-order valence-electron chi connectivity index (χ2n) is 6.11. The number of fused-ring (bicyclic) bond motifs is 2. The van der Waals surface area contributed by atoms with Gasteiger partial charge in [0.2, 0.25) is 0 Å². The summed E-state index contributed by atoms with van der Waals surface area (Å²) in [5, 5.41) is 3.21. The number of thioether (sulfide) groups is 1. The summed E-state index contributed by atoms with van der Waals surface area (Å²) in [5.41, 5.74) is 3.01. The van der Waals surface area contributed by atoms with Gasteiger partial charge in [-0.05, 0) is 37.3 Å². The highest BCUT2D eigenvalue weighted by Crippen LogP contribution is 2.31. The summed E-state index contributed by atoms with van der Waals surface area (Å²) in [6.07, 6.45) is 0. The second kappa shape index (κ2) is 6.49. The molecule has 0 aliphatic carbocycles. The zero-order valence-corrected chi connectivity index (χ0v) is 15.2. The van der Waals surface area contributed by atoms with Crippen LogP contribution >= 0.6 is 11.8 Å². The molecule has 6 nitrogen and oxygen atoms in total. The number of carbonyl (C=O) groups excluding carboxylic acids is 2. The minimum Gasteiger partial charge on any atom is -0.482 e. The van der Waals surface area contributed by atoms with E-state index in [2.05, 4.69) is 10.3 Å². The Hall–Kier alpha value is -2.80. The molecule has 3 aromatic rings. The van der Waals surface area contributed by atoms with Gasteiger partial charge in [0.25, 0.3) is 5.91 Å². The SMILES string of the molecule is CC(Sc1nc2ccccc2n1C)C(=O)c1ccc2c(c1)NC(=O)CO2.